The van der Waals surface area contributed by atoms with Gasteiger partial charge in [0.05, 0.1) is 12.7 Å². The van der Waals surface area contributed by atoms with E-state index in [2.05, 4.69) is 25.7 Å². The van der Waals surface area contributed by atoms with E-state index in [1.807, 2.05) is 0 Å². The average Bonchev–Trinajstić information content (AvgIpc) is 2.32. The van der Waals surface area contributed by atoms with E-state index in [9.17, 15) is 0 Å². The predicted molar refractivity (Wildman–Crippen MR) is 73.1 cm³/mol. The maximum absolute atomic E-state index is 5.65. The van der Waals surface area contributed by atoms with E-state index in [-0.39, 0.29) is 0 Å². The van der Waals surface area contributed by atoms with Crippen molar-refractivity contribution in [2.75, 3.05) is 26.2 Å². The van der Waals surface area contributed by atoms with Crippen LogP contribution in [0.5, 0.6) is 0 Å². The number of ether oxygens (including phenoxy) is 1. The van der Waals surface area contributed by atoms with Gasteiger partial charge >= 0.3 is 0 Å². The lowest BCUT2D eigenvalue weighted by atomic mass is 9.96. The largest absolute Gasteiger partial charge is 0.376 e. The van der Waals surface area contributed by atoms with Crippen molar-refractivity contribution >= 4 is 0 Å². The van der Waals surface area contributed by atoms with E-state index in [0.717, 1.165) is 25.6 Å². The van der Waals surface area contributed by atoms with Gasteiger partial charge in [0.1, 0.15) is 0 Å². The third-order valence-electron chi connectivity index (χ3n) is 3.95. The van der Waals surface area contributed by atoms with Gasteiger partial charge in [-0.05, 0) is 52.1 Å². The summed E-state index contributed by atoms with van der Waals surface area (Å²) in [6.45, 7) is 10.8. The molecule has 0 aromatic heterocycles. The molecule has 3 nitrogen and oxygen atoms in total. The van der Waals surface area contributed by atoms with Crippen molar-refractivity contribution in [1.82, 2.24) is 4.90 Å². The van der Waals surface area contributed by atoms with Gasteiger partial charge in [0.15, 0.2) is 0 Å². The Bertz CT molecular complexity index is 199. The highest BCUT2D eigenvalue weighted by Gasteiger charge is 2.22. The second-order valence-electron chi connectivity index (χ2n) is 5.48. The van der Waals surface area contributed by atoms with E-state index in [1.54, 1.807) is 0 Å². The zero-order valence-electron chi connectivity index (χ0n) is 11.8. The second-order valence-corrected chi connectivity index (χ2v) is 5.48. The van der Waals surface area contributed by atoms with Crippen LogP contribution in [0.25, 0.3) is 0 Å². The zero-order chi connectivity index (χ0) is 12.7. The van der Waals surface area contributed by atoms with Crippen molar-refractivity contribution in [3.05, 3.63) is 0 Å². The van der Waals surface area contributed by atoms with Crippen LogP contribution in [0.3, 0.4) is 0 Å². The van der Waals surface area contributed by atoms with Crippen molar-refractivity contribution < 1.29 is 4.74 Å². The van der Waals surface area contributed by atoms with E-state index < -0.39 is 0 Å². The summed E-state index contributed by atoms with van der Waals surface area (Å²) in [5.74, 6) is 0.828. The first kappa shape index (κ1) is 14.9. The van der Waals surface area contributed by atoms with Crippen LogP contribution in [0.2, 0.25) is 0 Å². The molecule has 2 N–H and O–H groups in total. The topological polar surface area (TPSA) is 38.5 Å². The number of hydrogen-bond acceptors (Lipinski definition) is 3. The van der Waals surface area contributed by atoms with Crippen LogP contribution in [-0.4, -0.2) is 43.3 Å². The fraction of sp³-hybridized carbons (Fsp3) is 1.00. The van der Waals surface area contributed by atoms with Crippen molar-refractivity contribution in [2.45, 2.75) is 58.6 Å². The Hall–Kier alpha value is -0.120. The number of morpholine rings is 1. The molecular formula is C14H30N2O. The molecule has 1 aliphatic heterocycles. The molecule has 1 saturated heterocycles. The zero-order valence-corrected chi connectivity index (χ0v) is 11.8. The van der Waals surface area contributed by atoms with Crippen LogP contribution >= 0.6 is 0 Å². The van der Waals surface area contributed by atoms with Gasteiger partial charge in [-0.2, -0.15) is 0 Å². The molecule has 0 bridgehead atoms. The molecule has 1 fully saturated rings. The van der Waals surface area contributed by atoms with Crippen molar-refractivity contribution in [3.8, 4) is 0 Å². The van der Waals surface area contributed by atoms with Gasteiger partial charge in [0.2, 0.25) is 0 Å². The summed E-state index contributed by atoms with van der Waals surface area (Å²) < 4.78 is 5.65. The van der Waals surface area contributed by atoms with Gasteiger partial charge in [-0.1, -0.05) is 13.3 Å². The van der Waals surface area contributed by atoms with Gasteiger partial charge in [-0.25, -0.2) is 0 Å². The van der Waals surface area contributed by atoms with Crippen LogP contribution < -0.4 is 5.73 Å². The Kier molecular flexibility index (Phi) is 7.09. The summed E-state index contributed by atoms with van der Waals surface area (Å²) >= 11 is 0. The monoisotopic (exact) mass is 242 g/mol. The highest BCUT2D eigenvalue weighted by Crippen LogP contribution is 2.17. The van der Waals surface area contributed by atoms with E-state index in [1.165, 1.54) is 32.2 Å². The van der Waals surface area contributed by atoms with E-state index >= 15 is 0 Å². The molecule has 0 aromatic rings. The summed E-state index contributed by atoms with van der Waals surface area (Å²) in [5, 5.41) is 0. The van der Waals surface area contributed by atoms with Crippen molar-refractivity contribution in [2.24, 2.45) is 11.7 Å². The molecule has 3 atom stereocenters. The summed E-state index contributed by atoms with van der Waals surface area (Å²) in [4.78, 5) is 2.57. The molecule has 0 aromatic carbocycles. The Balaban J connectivity index is 2.20. The fourth-order valence-corrected chi connectivity index (χ4v) is 2.65. The quantitative estimate of drug-likeness (QED) is 0.744. The van der Waals surface area contributed by atoms with Crippen LogP contribution in [0.4, 0.5) is 0 Å². The predicted octanol–water partition coefficient (Wildman–Crippen LogP) is 2.25. The molecule has 102 valence electrons. The summed E-state index contributed by atoms with van der Waals surface area (Å²) in [6, 6.07) is 0.584. The third-order valence-corrected chi connectivity index (χ3v) is 3.95. The molecule has 0 radical (unpaired) electrons. The summed E-state index contributed by atoms with van der Waals surface area (Å²) in [7, 11) is 0. The molecule has 0 aliphatic carbocycles. The fourth-order valence-electron chi connectivity index (χ4n) is 2.65. The SMILES string of the molecule is CCC(CCN)CCCN1CC(C)OCC1C. The maximum atomic E-state index is 5.65. The molecule has 1 aliphatic rings. The number of nitrogens with two attached hydrogens (primary N) is 1. The Morgan fingerprint density at radius 3 is 2.76 bits per heavy atom. The van der Waals surface area contributed by atoms with Crippen LogP contribution in [0, 0.1) is 5.92 Å². The highest BCUT2D eigenvalue weighted by atomic mass is 16.5. The van der Waals surface area contributed by atoms with Gasteiger partial charge in [0, 0.05) is 12.6 Å². The lowest BCUT2D eigenvalue weighted by Gasteiger charge is -2.37. The minimum Gasteiger partial charge on any atom is -0.376 e. The van der Waals surface area contributed by atoms with Crippen molar-refractivity contribution in [1.29, 1.82) is 0 Å². The van der Waals surface area contributed by atoms with Gasteiger partial charge in [-0.3, -0.25) is 4.90 Å². The smallest absolute Gasteiger partial charge is 0.0674 e. The Labute approximate surface area is 107 Å². The highest BCUT2D eigenvalue weighted by molar-refractivity contribution is 4.75. The molecule has 3 heteroatoms. The molecule has 17 heavy (non-hydrogen) atoms. The molecule has 0 spiro atoms. The van der Waals surface area contributed by atoms with E-state index in [0.29, 0.717) is 12.1 Å². The van der Waals surface area contributed by atoms with Gasteiger partial charge in [-0.15, -0.1) is 0 Å². The maximum Gasteiger partial charge on any atom is 0.0674 e. The first-order chi connectivity index (χ1) is 8.17. The van der Waals surface area contributed by atoms with Crippen LogP contribution in [0.1, 0.15) is 46.5 Å². The summed E-state index contributed by atoms with van der Waals surface area (Å²) in [6.07, 6.45) is 5.48. The van der Waals surface area contributed by atoms with Crippen molar-refractivity contribution in [3.63, 3.8) is 0 Å². The van der Waals surface area contributed by atoms with E-state index in [4.69, 9.17) is 10.5 Å². The first-order valence-electron chi connectivity index (χ1n) is 7.23. The van der Waals surface area contributed by atoms with Crippen LogP contribution in [0.15, 0.2) is 0 Å². The lowest BCUT2D eigenvalue weighted by molar-refractivity contribution is -0.0499. The van der Waals surface area contributed by atoms with Crippen LogP contribution in [-0.2, 0) is 4.74 Å². The summed E-state index contributed by atoms with van der Waals surface area (Å²) in [5.41, 5.74) is 5.63. The standard InChI is InChI=1S/C14H30N2O/c1-4-14(7-8-15)6-5-9-16-10-13(3)17-11-12(16)2/h12-14H,4-11,15H2,1-3H3. The lowest BCUT2D eigenvalue weighted by Crippen LogP contribution is -2.47. The molecule has 0 amide bonds. The first-order valence-corrected chi connectivity index (χ1v) is 7.23. The minimum absolute atomic E-state index is 0.400. The number of nitrogens with zero attached hydrogens (tertiary/aromatic N) is 1. The molecule has 3 unspecified atom stereocenters. The number of rotatable bonds is 7. The third kappa shape index (κ3) is 5.36. The average molecular weight is 242 g/mol. The Morgan fingerprint density at radius 1 is 1.35 bits per heavy atom. The van der Waals surface area contributed by atoms with Gasteiger partial charge in [0.25, 0.3) is 0 Å². The second kappa shape index (κ2) is 8.06. The normalized spacial score (nSPS) is 28.2. The number of hydrogen-bond donors (Lipinski definition) is 1. The molecule has 0 saturated carbocycles. The molecular weight excluding hydrogens is 212 g/mol. The Morgan fingerprint density at radius 2 is 2.12 bits per heavy atom. The molecule has 1 heterocycles. The molecule has 1 rings (SSSR count). The minimum atomic E-state index is 0.400. The van der Waals surface area contributed by atoms with Gasteiger partial charge < -0.3 is 10.5 Å².